The maximum Gasteiger partial charge on any atom is 0.227 e. The molecule has 2 aromatic rings. The second-order valence-corrected chi connectivity index (χ2v) is 6.66. The van der Waals surface area contributed by atoms with Gasteiger partial charge < -0.3 is 15.2 Å². The van der Waals surface area contributed by atoms with Crippen LogP contribution in [0.25, 0.3) is 11.2 Å². The fourth-order valence-corrected chi connectivity index (χ4v) is 3.89. The number of nitrogens with zero attached hydrogens (tertiary/aromatic N) is 4. The fraction of sp³-hybridized carbons (Fsp3) is 0.467. The van der Waals surface area contributed by atoms with Gasteiger partial charge in [-0.05, 0) is 29.9 Å². The summed E-state index contributed by atoms with van der Waals surface area (Å²) in [6.45, 7) is 0. The zero-order valence-electron chi connectivity index (χ0n) is 12.8. The maximum atomic E-state index is 12.6. The van der Waals surface area contributed by atoms with Gasteiger partial charge in [0.1, 0.15) is 5.52 Å². The number of nitrogens with one attached hydrogen (secondary N) is 2. The third-order valence-corrected chi connectivity index (χ3v) is 4.91. The van der Waals surface area contributed by atoms with Gasteiger partial charge in [0.2, 0.25) is 11.2 Å². The van der Waals surface area contributed by atoms with Crippen LogP contribution in [-0.2, 0) is 4.79 Å². The van der Waals surface area contributed by atoms with Gasteiger partial charge in [0.15, 0.2) is 11.5 Å². The Balaban J connectivity index is 1.70. The molecule has 4 rings (SSSR count). The molecule has 120 valence electrons. The van der Waals surface area contributed by atoms with Gasteiger partial charge in [-0.2, -0.15) is 9.97 Å². The van der Waals surface area contributed by atoms with Crippen LogP contribution >= 0.6 is 11.6 Å². The molecule has 1 fully saturated rings. The van der Waals surface area contributed by atoms with E-state index in [0.29, 0.717) is 22.9 Å². The Morgan fingerprint density at radius 2 is 2.13 bits per heavy atom. The molecule has 7 nitrogen and oxygen atoms in total. The first kappa shape index (κ1) is 14.4. The molecule has 4 atom stereocenters. The Morgan fingerprint density at radius 1 is 1.35 bits per heavy atom. The van der Waals surface area contributed by atoms with Crippen LogP contribution in [0.5, 0.6) is 0 Å². The highest BCUT2D eigenvalue weighted by molar-refractivity contribution is 6.28. The van der Waals surface area contributed by atoms with Crippen LogP contribution in [0.3, 0.4) is 0 Å². The predicted molar refractivity (Wildman–Crippen MR) is 87.0 cm³/mol. The number of halogens is 1. The van der Waals surface area contributed by atoms with Crippen LogP contribution in [0.15, 0.2) is 18.5 Å². The molecule has 23 heavy (non-hydrogen) atoms. The summed E-state index contributed by atoms with van der Waals surface area (Å²) in [4.78, 5) is 29.8. The second kappa shape index (κ2) is 5.19. The minimum atomic E-state index is -0.0947. The van der Waals surface area contributed by atoms with Crippen LogP contribution in [0.2, 0.25) is 5.28 Å². The van der Waals surface area contributed by atoms with Gasteiger partial charge in [0.25, 0.3) is 0 Å². The number of hydrogen-bond donors (Lipinski definition) is 2. The van der Waals surface area contributed by atoms with Gasteiger partial charge >= 0.3 is 0 Å². The summed E-state index contributed by atoms with van der Waals surface area (Å²) in [5.74, 6) is 1.21. The number of carbonyl (C=O) groups excluding carboxylic acids is 1. The lowest BCUT2D eigenvalue weighted by Crippen LogP contribution is -2.43. The van der Waals surface area contributed by atoms with Crippen LogP contribution in [0, 0.1) is 17.8 Å². The largest absolute Gasteiger partial charge is 0.364 e. The predicted octanol–water partition coefficient (Wildman–Crippen LogP) is 1.70. The molecular weight excluding hydrogens is 316 g/mol. The summed E-state index contributed by atoms with van der Waals surface area (Å²) in [7, 11) is 3.59. The maximum absolute atomic E-state index is 12.6. The summed E-state index contributed by atoms with van der Waals surface area (Å²) in [5.41, 5.74) is 1.22. The number of aromatic amines is 1. The van der Waals surface area contributed by atoms with E-state index >= 15 is 0 Å². The first-order valence-corrected chi connectivity index (χ1v) is 7.95. The number of amides is 1. The quantitative estimate of drug-likeness (QED) is 0.660. The van der Waals surface area contributed by atoms with Gasteiger partial charge in [-0.3, -0.25) is 4.79 Å². The normalized spacial score (nSPS) is 28.5. The van der Waals surface area contributed by atoms with Gasteiger partial charge in [0, 0.05) is 20.1 Å². The number of rotatable bonds is 3. The van der Waals surface area contributed by atoms with Crippen LogP contribution in [0.1, 0.15) is 6.42 Å². The van der Waals surface area contributed by atoms with E-state index in [-0.39, 0.29) is 29.1 Å². The van der Waals surface area contributed by atoms with Crippen molar-refractivity contribution in [3.05, 3.63) is 23.8 Å². The second-order valence-electron chi connectivity index (χ2n) is 6.32. The van der Waals surface area contributed by atoms with Crippen molar-refractivity contribution < 1.29 is 4.79 Å². The third-order valence-electron chi connectivity index (χ3n) is 4.74. The van der Waals surface area contributed by atoms with Crippen molar-refractivity contribution in [1.82, 2.24) is 24.8 Å². The first-order chi connectivity index (χ1) is 11.0. The van der Waals surface area contributed by atoms with E-state index in [1.54, 1.807) is 25.3 Å². The standard InChI is InChI=1S/C15H17ClN6O/c1-22(2)14(23)9-7-3-4-8(5-7)10(9)19-13-11-12(18-6-17-11)20-15(16)21-13/h3-4,6-10H,5H2,1-2H3,(H2,17,18,19,20,21). The minimum Gasteiger partial charge on any atom is -0.364 e. The topological polar surface area (TPSA) is 86.8 Å². The van der Waals surface area contributed by atoms with E-state index in [1.807, 2.05) is 0 Å². The summed E-state index contributed by atoms with van der Waals surface area (Å²) >= 11 is 6.00. The summed E-state index contributed by atoms with van der Waals surface area (Å²) < 4.78 is 0. The number of anilines is 1. The molecule has 0 radical (unpaired) electrons. The highest BCUT2D eigenvalue weighted by Gasteiger charge is 2.49. The molecule has 2 bridgehead atoms. The van der Waals surface area contributed by atoms with E-state index in [4.69, 9.17) is 11.6 Å². The highest BCUT2D eigenvalue weighted by atomic mass is 35.5. The highest BCUT2D eigenvalue weighted by Crippen LogP contribution is 2.45. The summed E-state index contributed by atoms with van der Waals surface area (Å²) in [6, 6.07) is -0.00855. The average molecular weight is 333 g/mol. The monoisotopic (exact) mass is 332 g/mol. The SMILES string of the molecule is CN(C)C(=O)C1C2C=CC(C2)C1Nc1nc(Cl)nc2[nH]cnc12. The first-order valence-electron chi connectivity index (χ1n) is 7.57. The molecule has 1 amide bonds. The minimum absolute atomic E-state index is 0.00855. The molecule has 8 heteroatoms. The molecule has 2 N–H and O–H groups in total. The molecule has 2 aliphatic carbocycles. The number of aromatic nitrogens is 4. The van der Waals surface area contributed by atoms with Crippen molar-refractivity contribution >= 4 is 34.5 Å². The number of allylic oxidation sites excluding steroid dienone is 1. The van der Waals surface area contributed by atoms with Crippen molar-refractivity contribution in [3.8, 4) is 0 Å². The van der Waals surface area contributed by atoms with Gasteiger partial charge in [0.05, 0.1) is 12.2 Å². The Bertz CT molecular complexity index is 800. The summed E-state index contributed by atoms with van der Waals surface area (Å²) in [5, 5.41) is 3.56. The number of carbonyl (C=O) groups is 1. The van der Waals surface area contributed by atoms with Gasteiger partial charge in [-0.1, -0.05) is 12.2 Å². The zero-order chi connectivity index (χ0) is 16.1. The van der Waals surface area contributed by atoms with E-state index < -0.39 is 0 Å². The number of H-pyrrole nitrogens is 1. The smallest absolute Gasteiger partial charge is 0.227 e. The van der Waals surface area contributed by atoms with Crippen LogP contribution in [-0.4, -0.2) is 50.9 Å². The van der Waals surface area contributed by atoms with Crippen molar-refractivity contribution in [2.75, 3.05) is 19.4 Å². The average Bonchev–Trinajstić information content (AvgIpc) is 3.20. The number of fused-ring (bicyclic) bond motifs is 3. The van der Waals surface area contributed by atoms with Crippen molar-refractivity contribution in [2.45, 2.75) is 12.5 Å². The van der Waals surface area contributed by atoms with Gasteiger partial charge in [-0.15, -0.1) is 0 Å². The molecular formula is C15H17ClN6O. The van der Waals surface area contributed by atoms with E-state index in [2.05, 4.69) is 37.4 Å². The zero-order valence-corrected chi connectivity index (χ0v) is 13.6. The molecule has 2 aliphatic rings. The molecule has 0 aliphatic heterocycles. The van der Waals surface area contributed by atoms with Crippen molar-refractivity contribution in [3.63, 3.8) is 0 Å². The Hall–Kier alpha value is -2.15. The molecule has 0 spiro atoms. The summed E-state index contributed by atoms with van der Waals surface area (Å²) in [6.07, 6.45) is 6.90. The molecule has 0 saturated heterocycles. The van der Waals surface area contributed by atoms with Crippen LogP contribution < -0.4 is 5.32 Å². The Morgan fingerprint density at radius 3 is 2.91 bits per heavy atom. The third kappa shape index (κ3) is 2.26. The van der Waals surface area contributed by atoms with Gasteiger partial charge in [-0.25, -0.2) is 4.98 Å². The van der Waals surface area contributed by atoms with Crippen molar-refractivity contribution in [2.24, 2.45) is 17.8 Å². The lowest BCUT2D eigenvalue weighted by Gasteiger charge is -2.30. The van der Waals surface area contributed by atoms with E-state index in [1.165, 1.54) is 0 Å². The van der Waals surface area contributed by atoms with Crippen molar-refractivity contribution in [1.29, 1.82) is 0 Å². The molecule has 2 aromatic heterocycles. The lowest BCUT2D eigenvalue weighted by atomic mass is 9.87. The number of imidazole rings is 1. The van der Waals surface area contributed by atoms with E-state index in [0.717, 1.165) is 6.42 Å². The van der Waals surface area contributed by atoms with E-state index in [9.17, 15) is 4.79 Å². The Kier molecular flexibility index (Phi) is 3.26. The Labute approximate surface area is 138 Å². The molecule has 0 aromatic carbocycles. The lowest BCUT2D eigenvalue weighted by molar-refractivity contribution is -0.133. The van der Waals surface area contributed by atoms with Crippen LogP contribution in [0.4, 0.5) is 5.82 Å². The fourth-order valence-electron chi connectivity index (χ4n) is 3.72. The molecule has 1 saturated carbocycles. The molecule has 4 unspecified atom stereocenters. The number of hydrogen-bond acceptors (Lipinski definition) is 5. The molecule has 2 heterocycles.